The first-order valence-electron chi connectivity index (χ1n) is 7.49. The molecule has 1 aliphatic carbocycles. The van der Waals surface area contributed by atoms with Crippen molar-refractivity contribution in [3.63, 3.8) is 0 Å². The van der Waals surface area contributed by atoms with Gasteiger partial charge in [0, 0.05) is 30.7 Å². The highest BCUT2D eigenvalue weighted by Gasteiger charge is 2.29. The first-order valence-corrected chi connectivity index (χ1v) is 8.27. The van der Waals surface area contributed by atoms with Crippen molar-refractivity contribution in [1.82, 2.24) is 14.5 Å². The molecule has 1 aromatic rings. The van der Waals surface area contributed by atoms with Crippen LogP contribution in [0.15, 0.2) is 0 Å². The largest absolute Gasteiger partial charge is 0.374 e. The molecular weight excluding hydrogens is 256 g/mol. The van der Waals surface area contributed by atoms with Crippen molar-refractivity contribution in [2.45, 2.75) is 59.0 Å². The van der Waals surface area contributed by atoms with Crippen LogP contribution in [0.25, 0.3) is 0 Å². The van der Waals surface area contributed by atoms with Crippen LogP contribution < -0.4 is 5.32 Å². The minimum Gasteiger partial charge on any atom is -0.374 e. The molecule has 1 fully saturated rings. The predicted molar refractivity (Wildman–Crippen MR) is 81.6 cm³/mol. The topological polar surface area (TPSA) is 41.1 Å². The molecule has 1 saturated carbocycles. The summed E-state index contributed by atoms with van der Waals surface area (Å²) >= 11 is 1.49. The van der Waals surface area contributed by atoms with Crippen LogP contribution in [0, 0.1) is 5.92 Å². The zero-order chi connectivity index (χ0) is 13.7. The Bertz CT molecular complexity index is 373. The Morgan fingerprint density at radius 3 is 2.84 bits per heavy atom. The van der Waals surface area contributed by atoms with Crippen LogP contribution in [0.2, 0.25) is 0 Å². The number of hydrogen-bond acceptors (Lipinski definition) is 5. The Hall–Kier alpha value is -0.680. The van der Waals surface area contributed by atoms with E-state index >= 15 is 0 Å². The molecule has 0 spiro atoms. The van der Waals surface area contributed by atoms with E-state index in [9.17, 15) is 0 Å². The monoisotopic (exact) mass is 282 g/mol. The summed E-state index contributed by atoms with van der Waals surface area (Å²) < 4.78 is 4.11. The first kappa shape index (κ1) is 14.7. The third-order valence-corrected chi connectivity index (χ3v) is 4.23. The zero-order valence-corrected chi connectivity index (χ0v) is 13.2. The number of anilines is 1. The van der Waals surface area contributed by atoms with Gasteiger partial charge in [-0.1, -0.05) is 25.3 Å². The van der Waals surface area contributed by atoms with Gasteiger partial charge in [-0.2, -0.15) is 0 Å². The molecule has 1 aliphatic rings. The Kier molecular flexibility index (Phi) is 5.58. The van der Waals surface area contributed by atoms with E-state index in [1.54, 1.807) is 0 Å². The molecule has 0 aromatic carbocycles. The van der Waals surface area contributed by atoms with Gasteiger partial charge in [0.05, 0.1) is 0 Å². The van der Waals surface area contributed by atoms with E-state index in [1.807, 2.05) is 0 Å². The lowest BCUT2D eigenvalue weighted by atomic mass is 10.1. The second-order valence-electron chi connectivity index (χ2n) is 5.86. The molecule has 2 rings (SSSR count). The summed E-state index contributed by atoms with van der Waals surface area (Å²) in [7, 11) is 0. The maximum Gasteiger partial charge on any atom is 0.134 e. The molecule has 1 aromatic heterocycles. The number of rotatable bonds is 9. The summed E-state index contributed by atoms with van der Waals surface area (Å²) in [6.07, 6.45) is 5.11. The maximum absolute atomic E-state index is 4.31. The van der Waals surface area contributed by atoms with Crippen LogP contribution in [0.5, 0.6) is 0 Å². The summed E-state index contributed by atoms with van der Waals surface area (Å²) in [5.74, 6) is 0.771. The fourth-order valence-electron chi connectivity index (χ4n) is 2.13. The summed E-state index contributed by atoms with van der Waals surface area (Å²) in [4.78, 5) is 2.59. The average Bonchev–Trinajstić information content (AvgIpc) is 3.13. The molecule has 0 amide bonds. The first-order chi connectivity index (χ1) is 9.20. The van der Waals surface area contributed by atoms with E-state index in [2.05, 4.69) is 40.6 Å². The maximum atomic E-state index is 4.31. The Morgan fingerprint density at radius 2 is 2.21 bits per heavy atom. The van der Waals surface area contributed by atoms with Gasteiger partial charge in [-0.3, -0.25) is 4.90 Å². The quantitative estimate of drug-likeness (QED) is 0.754. The van der Waals surface area contributed by atoms with Crippen molar-refractivity contribution in [2.75, 3.05) is 18.4 Å². The van der Waals surface area contributed by atoms with Gasteiger partial charge in [-0.05, 0) is 38.1 Å². The van der Waals surface area contributed by atoms with Crippen molar-refractivity contribution in [2.24, 2.45) is 5.92 Å². The van der Waals surface area contributed by atoms with Gasteiger partial charge in [0.2, 0.25) is 0 Å². The lowest BCUT2D eigenvalue weighted by Crippen LogP contribution is -2.28. The van der Waals surface area contributed by atoms with E-state index < -0.39 is 0 Å². The van der Waals surface area contributed by atoms with Gasteiger partial charge >= 0.3 is 0 Å². The summed E-state index contributed by atoms with van der Waals surface area (Å²) in [6.45, 7) is 9.92. The molecule has 5 heteroatoms. The van der Waals surface area contributed by atoms with Crippen molar-refractivity contribution in [3.8, 4) is 0 Å². The third kappa shape index (κ3) is 4.73. The molecule has 1 N–H and O–H groups in total. The average molecular weight is 282 g/mol. The van der Waals surface area contributed by atoms with Gasteiger partial charge in [-0.15, -0.1) is 5.10 Å². The minimum atomic E-state index is 0.771. The molecular formula is C14H26N4S. The van der Waals surface area contributed by atoms with E-state index in [-0.39, 0.29) is 0 Å². The van der Waals surface area contributed by atoms with Gasteiger partial charge in [-0.25, -0.2) is 0 Å². The van der Waals surface area contributed by atoms with E-state index in [4.69, 9.17) is 0 Å². The van der Waals surface area contributed by atoms with Crippen LogP contribution in [0.3, 0.4) is 0 Å². The van der Waals surface area contributed by atoms with Crippen molar-refractivity contribution >= 4 is 16.5 Å². The Morgan fingerprint density at radius 1 is 1.42 bits per heavy atom. The van der Waals surface area contributed by atoms with Gasteiger partial charge in [0.1, 0.15) is 10.7 Å². The predicted octanol–water partition coefficient (Wildman–Crippen LogP) is 3.37. The number of hydrogen-bond donors (Lipinski definition) is 1. The fourth-order valence-corrected chi connectivity index (χ4v) is 2.73. The Balaban J connectivity index is 1.90. The van der Waals surface area contributed by atoms with Crippen LogP contribution in [0.1, 0.15) is 52.1 Å². The number of nitrogens with zero attached hydrogens (tertiary/aromatic N) is 3. The highest BCUT2D eigenvalue weighted by Crippen LogP contribution is 2.30. The second-order valence-corrected chi connectivity index (χ2v) is 6.61. The highest BCUT2D eigenvalue weighted by atomic mass is 32.1. The zero-order valence-electron chi connectivity index (χ0n) is 12.4. The standard InChI is InChI=1S/C14H26N4S/c1-4-8-15-14-13(16-17-19-14)10-18(12-5-6-12)9-7-11(2)3/h11-12,15H,4-10H2,1-3H3. The number of nitrogens with one attached hydrogen (secondary N) is 1. The summed E-state index contributed by atoms with van der Waals surface area (Å²) in [5.41, 5.74) is 1.13. The van der Waals surface area contributed by atoms with Crippen molar-refractivity contribution in [1.29, 1.82) is 0 Å². The molecule has 0 saturated heterocycles. The van der Waals surface area contributed by atoms with Gasteiger partial charge in [0.25, 0.3) is 0 Å². The molecule has 0 atom stereocenters. The van der Waals surface area contributed by atoms with E-state index in [0.29, 0.717) is 0 Å². The lowest BCUT2D eigenvalue weighted by molar-refractivity contribution is 0.237. The molecule has 0 aliphatic heterocycles. The molecule has 0 unspecified atom stereocenters. The van der Waals surface area contributed by atoms with Crippen molar-refractivity contribution < 1.29 is 0 Å². The minimum absolute atomic E-state index is 0.771. The van der Waals surface area contributed by atoms with Gasteiger partial charge < -0.3 is 5.32 Å². The fraction of sp³-hybridized carbons (Fsp3) is 0.857. The number of aromatic nitrogens is 2. The van der Waals surface area contributed by atoms with E-state index in [0.717, 1.165) is 42.2 Å². The normalized spacial score (nSPS) is 15.4. The smallest absolute Gasteiger partial charge is 0.134 e. The van der Waals surface area contributed by atoms with Crippen LogP contribution in [-0.4, -0.2) is 33.6 Å². The van der Waals surface area contributed by atoms with Crippen LogP contribution in [-0.2, 0) is 6.54 Å². The highest BCUT2D eigenvalue weighted by molar-refractivity contribution is 7.10. The molecule has 1 heterocycles. The second kappa shape index (κ2) is 7.20. The van der Waals surface area contributed by atoms with Crippen LogP contribution >= 0.6 is 11.5 Å². The Labute approximate surface area is 120 Å². The molecule has 19 heavy (non-hydrogen) atoms. The third-order valence-electron chi connectivity index (χ3n) is 3.50. The van der Waals surface area contributed by atoms with E-state index in [1.165, 1.54) is 37.3 Å². The summed E-state index contributed by atoms with van der Waals surface area (Å²) in [6, 6.07) is 0.791. The van der Waals surface area contributed by atoms with Crippen molar-refractivity contribution in [3.05, 3.63) is 5.69 Å². The molecule has 0 radical (unpaired) electrons. The molecule has 0 bridgehead atoms. The van der Waals surface area contributed by atoms with Crippen LogP contribution in [0.4, 0.5) is 5.00 Å². The lowest BCUT2D eigenvalue weighted by Gasteiger charge is -2.22. The molecule has 108 valence electrons. The molecule has 4 nitrogen and oxygen atoms in total. The SMILES string of the molecule is CCCNc1snnc1CN(CCC(C)C)C1CC1. The van der Waals surface area contributed by atoms with Gasteiger partial charge in [0.15, 0.2) is 0 Å². The summed E-state index contributed by atoms with van der Waals surface area (Å²) in [5, 5.41) is 8.91.